The van der Waals surface area contributed by atoms with Gasteiger partial charge >= 0.3 is 11.8 Å². The summed E-state index contributed by atoms with van der Waals surface area (Å²) in [5.74, 6) is -0.874. The number of aromatic nitrogens is 1. The Hall–Kier alpha value is -1.66. The van der Waals surface area contributed by atoms with Crippen molar-refractivity contribution in [1.82, 2.24) is 14.8 Å². The smallest absolute Gasteiger partial charge is 0.315 e. The highest BCUT2D eigenvalue weighted by atomic mass is 35.5. The van der Waals surface area contributed by atoms with Crippen LogP contribution >= 0.6 is 11.6 Å². The molecule has 102 valence electrons. The third-order valence-electron chi connectivity index (χ3n) is 2.95. The van der Waals surface area contributed by atoms with Gasteiger partial charge in [0.1, 0.15) is 5.82 Å². The van der Waals surface area contributed by atoms with Crippen molar-refractivity contribution in [3.63, 3.8) is 0 Å². The van der Waals surface area contributed by atoms with Gasteiger partial charge in [-0.3, -0.25) is 9.59 Å². The standard InChI is InChI=1S/C12H15ClN4O2/c1-16-4-6-17(7-5-16)12(19)11(18)15-10-3-2-9(13)8-14-10/h2-3,8H,4-7H2,1H3,(H,14,15,18). The minimum absolute atomic E-state index is 0.317. The lowest BCUT2D eigenvalue weighted by molar-refractivity contribution is -0.144. The minimum Gasteiger partial charge on any atom is -0.332 e. The number of pyridine rings is 1. The van der Waals surface area contributed by atoms with Gasteiger partial charge in [-0.25, -0.2) is 4.98 Å². The van der Waals surface area contributed by atoms with Crippen LogP contribution in [-0.2, 0) is 9.59 Å². The summed E-state index contributed by atoms with van der Waals surface area (Å²) in [7, 11) is 1.99. The van der Waals surface area contributed by atoms with Crippen LogP contribution in [0.15, 0.2) is 18.3 Å². The molecule has 0 radical (unpaired) electrons. The molecule has 0 spiro atoms. The monoisotopic (exact) mass is 282 g/mol. The third-order valence-corrected chi connectivity index (χ3v) is 3.18. The van der Waals surface area contributed by atoms with Crippen LogP contribution in [0.4, 0.5) is 5.82 Å². The fraction of sp³-hybridized carbons (Fsp3) is 0.417. The second-order valence-corrected chi connectivity index (χ2v) is 4.85. The second-order valence-electron chi connectivity index (χ2n) is 4.41. The predicted molar refractivity (Wildman–Crippen MR) is 72.0 cm³/mol. The highest BCUT2D eigenvalue weighted by Crippen LogP contribution is 2.10. The van der Waals surface area contributed by atoms with Crippen molar-refractivity contribution in [3.05, 3.63) is 23.4 Å². The Morgan fingerprint density at radius 1 is 1.26 bits per heavy atom. The number of hydrogen-bond donors (Lipinski definition) is 1. The number of halogens is 1. The van der Waals surface area contributed by atoms with Crippen LogP contribution in [0.25, 0.3) is 0 Å². The van der Waals surface area contributed by atoms with Crippen molar-refractivity contribution in [2.24, 2.45) is 0 Å². The fourth-order valence-electron chi connectivity index (χ4n) is 1.77. The van der Waals surface area contributed by atoms with Crippen LogP contribution in [0.5, 0.6) is 0 Å². The van der Waals surface area contributed by atoms with E-state index < -0.39 is 11.8 Å². The molecule has 0 saturated carbocycles. The van der Waals surface area contributed by atoms with Gasteiger partial charge in [0, 0.05) is 32.4 Å². The molecule has 1 N–H and O–H groups in total. The summed E-state index contributed by atoms with van der Waals surface area (Å²) in [6, 6.07) is 3.15. The molecule has 1 aromatic rings. The topological polar surface area (TPSA) is 65.5 Å². The number of rotatable bonds is 1. The van der Waals surface area contributed by atoms with Gasteiger partial charge < -0.3 is 15.1 Å². The zero-order valence-corrected chi connectivity index (χ0v) is 11.4. The van der Waals surface area contributed by atoms with Crippen LogP contribution in [0.1, 0.15) is 0 Å². The van der Waals surface area contributed by atoms with E-state index in [0.29, 0.717) is 23.9 Å². The molecule has 6 nitrogen and oxygen atoms in total. The zero-order valence-electron chi connectivity index (χ0n) is 10.6. The Balaban J connectivity index is 1.92. The van der Waals surface area contributed by atoms with Crippen LogP contribution in [0.2, 0.25) is 5.02 Å². The number of amides is 2. The number of nitrogens with zero attached hydrogens (tertiary/aromatic N) is 3. The molecule has 1 fully saturated rings. The van der Waals surface area contributed by atoms with E-state index in [9.17, 15) is 9.59 Å². The maximum absolute atomic E-state index is 11.9. The molecular formula is C12H15ClN4O2. The number of piperazine rings is 1. The molecule has 1 aromatic heterocycles. The summed E-state index contributed by atoms with van der Waals surface area (Å²) < 4.78 is 0. The van der Waals surface area contributed by atoms with E-state index >= 15 is 0 Å². The lowest BCUT2D eigenvalue weighted by Gasteiger charge is -2.31. The van der Waals surface area contributed by atoms with E-state index in [-0.39, 0.29) is 0 Å². The maximum Gasteiger partial charge on any atom is 0.315 e. The summed E-state index contributed by atoms with van der Waals surface area (Å²) >= 11 is 5.69. The second kappa shape index (κ2) is 5.99. The molecule has 0 bridgehead atoms. The van der Waals surface area contributed by atoms with E-state index in [2.05, 4.69) is 15.2 Å². The molecule has 1 aliphatic heterocycles. The van der Waals surface area contributed by atoms with Crippen molar-refractivity contribution >= 4 is 29.2 Å². The van der Waals surface area contributed by atoms with Gasteiger partial charge in [-0.2, -0.15) is 0 Å². The average Bonchev–Trinajstić information content (AvgIpc) is 2.41. The highest BCUT2D eigenvalue weighted by molar-refractivity contribution is 6.39. The number of nitrogens with one attached hydrogen (secondary N) is 1. The molecule has 0 unspecified atom stereocenters. The van der Waals surface area contributed by atoms with Crippen molar-refractivity contribution in [2.45, 2.75) is 0 Å². The molecule has 2 rings (SSSR count). The molecule has 0 aromatic carbocycles. The summed E-state index contributed by atoms with van der Waals surface area (Å²) in [5, 5.41) is 2.94. The van der Waals surface area contributed by atoms with E-state index in [1.807, 2.05) is 7.05 Å². The van der Waals surface area contributed by atoms with Gasteiger partial charge in [0.2, 0.25) is 0 Å². The Morgan fingerprint density at radius 3 is 2.53 bits per heavy atom. The van der Waals surface area contributed by atoms with Crippen LogP contribution in [-0.4, -0.2) is 59.8 Å². The van der Waals surface area contributed by atoms with E-state index in [0.717, 1.165) is 13.1 Å². The zero-order chi connectivity index (χ0) is 13.8. The average molecular weight is 283 g/mol. The summed E-state index contributed by atoms with van der Waals surface area (Å²) in [6.07, 6.45) is 1.41. The number of hydrogen-bond acceptors (Lipinski definition) is 4. The molecule has 2 heterocycles. The lowest BCUT2D eigenvalue weighted by Crippen LogP contribution is -2.50. The first-order valence-electron chi connectivity index (χ1n) is 5.96. The van der Waals surface area contributed by atoms with Crippen molar-refractivity contribution in [1.29, 1.82) is 0 Å². The molecule has 1 saturated heterocycles. The molecule has 1 aliphatic rings. The first-order valence-corrected chi connectivity index (χ1v) is 6.34. The molecule has 0 atom stereocenters. The molecule has 19 heavy (non-hydrogen) atoms. The Bertz CT molecular complexity index is 469. The van der Waals surface area contributed by atoms with Crippen molar-refractivity contribution < 1.29 is 9.59 Å². The largest absolute Gasteiger partial charge is 0.332 e. The fourth-order valence-corrected chi connectivity index (χ4v) is 1.88. The van der Waals surface area contributed by atoms with Gasteiger partial charge in [0.05, 0.1) is 5.02 Å². The third kappa shape index (κ3) is 3.65. The SMILES string of the molecule is CN1CCN(C(=O)C(=O)Nc2ccc(Cl)cn2)CC1. The van der Waals surface area contributed by atoms with E-state index in [1.165, 1.54) is 6.20 Å². The molecular weight excluding hydrogens is 268 g/mol. The van der Waals surface area contributed by atoms with Crippen LogP contribution in [0.3, 0.4) is 0 Å². The maximum atomic E-state index is 11.9. The quantitative estimate of drug-likeness (QED) is 0.760. The number of anilines is 1. The van der Waals surface area contributed by atoms with E-state index in [4.69, 9.17) is 11.6 Å². The number of carbonyl (C=O) groups excluding carboxylic acids is 2. The Labute approximate surface area is 116 Å². The minimum atomic E-state index is -0.667. The predicted octanol–water partition coefficient (Wildman–Crippen LogP) is 0.447. The molecule has 0 aliphatic carbocycles. The normalized spacial score (nSPS) is 16.2. The first-order chi connectivity index (χ1) is 9.06. The summed E-state index contributed by atoms with van der Waals surface area (Å²) in [6.45, 7) is 2.68. The number of carbonyl (C=O) groups is 2. The van der Waals surface area contributed by atoms with Gasteiger partial charge in [-0.05, 0) is 19.2 Å². The Morgan fingerprint density at radius 2 is 1.95 bits per heavy atom. The van der Waals surface area contributed by atoms with Gasteiger partial charge in [0.15, 0.2) is 0 Å². The van der Waals surface area contributed by atoms with E-state index in [1.54, 1.807) is 17.0 Å². The highest BCUT2D eigenvalue weighted by Gasteiger charge is 2.24. The summed E-state index contributed by atoms with van der Waals surface area (Å²) in [5.41, 5.74) is 0. The molecule has 2 amide bonds. The van der Waals surface area contributed by atoms with Gasteiger partial charge in [-0.1, -0.05) is 11.6 Å². The van der Waals surface area contributed by atoms with Crippen LogP contribution < -0.4 is 5.32 Å². The number of likely N-dealkylation sites (N-methyl/N-ethyl adjacent to an activating group) is 1. The Kier molecular flexibility index (Phi) is 4.34. The molecule has 7 heteroatoms. The van der Waals surface area contributed by atoms with Crippen molar-refractivity contribution in [3.8, 4) is 0 Å². The lowest BCUT2D eigenvalue weighted by atomic mass is 10.3. The van der Waals surface area contributed by atoms with Crippen LogP contribution in [0, 0.1) is 0 Å². The van der Waals surface area contributed by atoms with Gasteiger partial charge in [-0.15, -0.1) is 0 Å². The summed E-state index contributed by atoms with van der Waals surface area (Å²) in [4.78, 5) is 31.3. The first kappa shape index (κ1) is 13.8. The van der Waals surface area contributed by atoms with Gasteiger partial charge in [0.25, 0.3) is 0 Å². The van der Waals surface area contributed by atoms with Crippen molar-refractivity contribution in [2.75, 3.05) is 38.5 Å².